The van der Waals surface area contributed by atoms with Crippen LogP contribution in [0.3, 0.4) is 0 Å². The fourth-order valence-corrected chi connectivity index (χ4v) is 5.78. The number of rotatable bonds is 11. The van der Waals surface area contributed by atoms with Gasteiger partial charge in [0.2, 0.25) is 5.91 Å². The van der Waals surface area contributed by atoms with E-state index in [0.717, 1.165) is 35.2 Å². The molecule has 12 heteroatoms. The van der Waals surface area contributed by atoms with Gasteiger partial charge in [-0.25, -0.2) is 14.5 Å². The number of imidazole rings is 1. The van der Waals surface area contributed by atoms with Crippen LogP contribution < -0.4 is 21.3 Å². The summed E-state index contributed by atoms with van der Waals surface area (Å²) in [6.45, 7) is 4.47. The summed E-state index contributed by atoms with van der Waals surface area (Å²) in [5, 5.41) is 11.3. The van der Waals surface area contributed by atoms with Crippen LogP contribution in [0.1, 0.15) is 47.9 Å². The van der Waals surface area contributed by atoms with Crippen LogP contribution in [0.15, 0.2) is 72.9 Å². The predicted octanol–water partition coefficient (Wildman–Crippen LogP) is 3.11. The lowest BCUT2D eigenvalue weighted by Crippen LogP contribution is -2.42. The highest BCUT2D eigenvalue weighted by Gasteiger charge is 2.21. The molecule has 0 aliphatic carbocycles. The molecule has 2 amide bonds. The fraction of sp³-hybridized carbons (Fsp3) is 0.297. The Labute approximate surface area is 284 Å². The third-order valence-electron chi connectivity index (χ3n) is 8.39. The van der Waals surface area contributed by atoms with Gasteiger partial charge in [0.05, 0.1) is 43.2 Å². The number of carbonyl (C=O) groups is 3. The van der Waals surface area contributed by atoms with E-state index >= 15 is 0 Å². The second-order valence-corrected chi connectivity index (χ2v) is 11.8. The third kappa shape index (κ3) is 7.92. The molecule has 5 aromatic rings. The molecule has 12 nitrogen and oxygen atoms in total. The molecule has 0 saturated carbocycles. The number of pyridine rings is 1. The summed E-state index contributed by atoms with van der Waals surface area (Å²) in [4.78, 5) is 48.3. The summed E-state index contributed by atoms with van der Waals surface area (Å²) in [5.41, 5.74) is 11.1. The topological polar surface area (TPSA) is 157 Å². The molecule has 1 fully saturated rings. The van der Waals surface area contributed by atoms with Crippen molar-refractivity contribution >= 4 is 39.8 Å². The van der Waals surface area contributed by atoms with E-state index in [4.69, 9.17) is 20.4 Å². The average Bonchev–Trinajstić information content (AvgIpc) is 3.52. The molecule has 1 saturated heterocycles. The Kier molecular flexibility index (Phi) is 10.5. The highest BCUT2D eigenvalue weighted by molar-refractivity contribution is 5.94. The number of anilines is 1. The number of morpholine rings is 1. The molecule has 1 atom stereocenters. The van der Waals surface area contributed by atoms with Crippen molar-refractivity contribution < 1.29 is 19.1 Å². The van der Waals surface area contributed by atoms with E-state index in [1.54, 1.807) is 18.3 Å². The molecule has 4 heterocycles. The van der Waals surface area contributed by atoms with Crippen LogP contribution in [0.2, 0.25) is 0 Å². The van der Waals surface area contributed by atoms with Gasteiger partial charge in [-0.3, -0.25) is 14.4 Å². The Hall–Kier alpha value is -5.64. The number of carbonyl (C=O) groups excluding carboxylic acids is 3. The van der Waals surface area contributed by atoms with E-state index in [1.165, 1.54) is 6.92 Å². The minimum Gasteiger partial charge on any atom is -0.378 e. The minimum absolute atomic E-state index is 0.121. The molecule has 250 valence electrons. The number of unbranched alkanes of at least 4 members (excludes halogenated alkanes) is 1. The lowest BCUT2D eigenvalue weighted by atomic mass is 10.1. The van der Waals surface area contributed by atoms with E-state index in [9.17, 15) is 14.4 Å². The monoisotopic (exact) mass is 658 g/mol. The number of nitrogens with two attached hydrogens (primary N) is 1. The molecule has 0 radical (unpaired) electrons. The van der Waals surface area contributed by atoms with Gasteiger partial charge in [-0.1, -0.05) is 36.4 Å². The van der Waals surface area contributed by atoms with Crippen molar-refractivity contribution in [2.24, 2.45) is 5.73 Å². The number of Topliss-reactive ketones (excluding diaryl/α,β-unsaturated/α-hetero) is 1. The molecule has 2 aromatic carbocycles. The lowest BCUT2D eigenvalue weighted by Gasteiger charge is -2.28. The van der Waals surface area contributed by atoms with Crippen molar-refractivity contribution in [3.05, 3.63) is 89.9 Å². The molecule has 4 N–H and O–H groups in total. The Morgan fingerprint density at radius 3 is 2.53 bits per heavy atom. The standard InChI is InChI=1S/C37H38N8O4/c1-25(46)30(42-34(47)24-38)7-4-5-18-39-37(48)28-11-9-27(10-12-28)35-32(16-15-29-14-13-26-6-2-3-8-31(26)41-29)43-36-33(17-19-40-45(35)36)44-20-22-49-23-21-44/h2-3,6,8-14,17,19,30H,4-5,7,18,20-24,38H2,1H3,(H,39,48)(H,42,47)/t30-/m0/s1. The first-order chi connectivity index (χ1) is 23.9. The van der Waals surface area contributed by atoms with E-state index in [2.05, 4.69) is 32.5 Å². The zero-order valence-corrected chi connectivity index (χ0v) is 27.3. The number of aromatic nitrogens is 4. The van der Waals surface area contributed by atoms with E-state index in [0.29, 0.717) is 67.3 Å². The van der Waals surface area contributed by atoms with Gasteiger partial charge >= 0.3 is 0 Å². The summed E-state index contributed by atoms with van der Waals surface area (Å²) in [5.74, 6) is 5.77. The molecule has 0 unspecified atom stereocenters. The normalized spacial score (nSPS) is 13.5. The second-order valence-electron chi connectivity index (χ2n) is 11.8. The predicted molar refractivity (Wildman–Crippen MR) is 187 cm³/mol. The molecule has 1 aliphatic rings. The van der Waals surface area contributed by atoms with Crippen molar-refractivity contribution in [2.75, 3.05) is 44.3 Å². The van der Waals surface area contributed by atoms with Crippen molar-refractivity contribution in [1.29, 1.82) is 0 Å². The Morgan fingerprint density at radius 2 is 1.76 bits per heavy atom. The van der Waals surface area contributed by atoms with Crippen LogP contribution >= 0.6 is 0 Å². The van der Waals surface area contributed by atoms with Crippen molar-refractivity contribution in [2.45, 2.75) is 32.2 Å². The minimum atomic E-state index is -0.572. The number of para-hydroxylation sites is 1. The number of ketones is 1. The maximum absolute atomic E-state index is 13.0. The average molecular weight is 659 g/mol. The van der Waals surface area contributed by atoms with Gasteiger partial charge in [-0.15, -0.1) is 0 Å². The number of ether oxygens (including phenoxy) is 1. The van der Waals surface area contributed by atoms with Gasteiger partial charge in [0, 0.05) is 36.1 Å². The highest BCUT2D eigenvalue weighted by Crippen LogP contribution is 2.29. The molecule has 0 spiro atoms. The molecule has 49 heavy (non-hydrogen) atoms. The molecular weight excluding hydrogens is 620 g/mol. The summed E-state index contributed by atoms with van der Waals surface area (Å²) in [6.07, 6.45) is 3.55. The maximum Gasteiger partial charge on any atom is 0.251 e. The van der Waals surface area contributed by atoms with E-state index < -0.39 is 6.04 Å². The summed E-state index contributed by atoms with van der Waals surface area (Å²) in [7, 11) is 0. The van der Waals surface area contributed by atoms with Crippen LogP contribution in [0.5, 0.6) is 0 Å². The third-order valence-corrected chi connectivity index (χ3v) is 8.39. The second kappa shape index (κ2) is 15.5. The largest absolute Gasteiger partial charge is 0.378 e. The van der Waals surface area contributed by atoms with Crippen LogP contribution in [-0.4, -0.2) is 82.6 Å². The smallest absolute Gasteiger partial charge is 0.251 e. The van der Waals surface area contributed by atoms with Crippen LogP contribution in [0, 0.1) is 11.8 Å². The van der Waals surface area contributed by atoms with Gasteiger partial charge in [-0.05, 0) is 68.4 Å². The number of hydrogen-bond donors (Lipinski definition) is 3. The van der Waals surface area contributed by atoms with E-state index in [1.807, 2.05) is 59.1 Å². The Balaban J connectivity index is 1.22. The zero-order chi connectivity index (χ0) is 34.2. The number of fused-ring (bicyclic) bond motifs is 2. The van der Waals surface area contributed by atoms with Gasteiger partial charge in [0.25, 0.3) is 5.91 Å². The van der Waals surface area contributed by atoms with Crippen LogP contribution in [0.4, 0.5) is 5.69 Å². The zero-order valence-electron chi connectivity index (χ0n) is 27.3. The summed E-state index contributed by atoms with van der Waals surface area (Å²) in [6, 6.07) is 20.5. The SMILES string of the molecule is CC(=O)[C@H](CCCCNC(=O)c1ccc(-c2c(C#Cc3ccc4ccccc4n3)nc3c(N4CCOCC4)ccnn23)cc1)NC(=O)CN. The van der Waals surface area contributed by atoms with Gasteiger partial charge in [0.15, 0.2) is 11.4 Å². The quantitative estimate of drug-likeness (QED) is 0.143. The Morgan fingerprint density at radius 1 is 0.959 bits per heavy atom. The van der Waals surface area contributed by atoms with Crippen molar-refractivity contribution in [1.82, 2.24) is 30.2 Å². The summed E-state index contributed by atoms with van der Waals surface area (Å²) >= 11 is 0. The number of nitrogens with zero attached hydrogens (tertiary/aromatic N) is 5. The number of nitrogens with one attached hydrogen (secondary N) is 2. The first-order valence-electron chi connectivity index (χ1n) is 16.4. The maximum atomic E-state index is 13.0. The van der Waals surface area contributed by atoms with Gasteiger partial charge < -0.3 is 26.0 Å². The lowest BCUT2D eigenvalue weighted by molar-refractivity contribution is -0.126. The van der Waals surface area contributed by atoms with E-state index in [-0.39, 0.29) is 24.1 Å². The molecular formula is C37H38N8O4. The molecule has 1 aliphatic heterocycles. The molecule has 6 rings (SSSR count). The number of hydrogen-bond acceptors (Lipinski definition) is 9. The number of benzene rings is 2. The van der Waals surface area contributed by atoms with Crippen molar-refractivity contribution in [3.63, 3.8) is 0 Å². The fourth-order valence-electron chi connectivity index (χ4n) is 5.78. The molecule has 3 aromatic heterocycles. The highest BCUT2D eigenvalue weighted by atomic mass is 16.5. The Bertz CT molecular complexity index is 2040. The number of amides is 2. The van der Waals surface area contributed by atoms with Crippen molar-refractivity contribution in [3.8, 4) is 23.1 Å². The van der Waals surface area contributed by atoms with Gasteiger partial charge in [0.1, 0.15) is 17.1 Å². The van der Waals surface area contributed by atoms with Gasteiger partial charge in [-0.2, -0.15) is 5.10 Å². The van der Waals surface area contributed by atoms with Crippen LogP contribution in [-0.2, 0) is 14.3 Å². The molecule has 0 bridgehead atoms. The summed E-state index contributed by atoms with van der Waals surface area (Å²) < 4.78 is 7.38. The van der Waals surface area contributed by atoms with Crippen LogP contribution in [0.25, 0.3) is 27.8 Å². The first kappa shape index (κ1) is 33.3. The first-order valence-corrected chi connectivity index (χ1v) is 16.4.